The third kappa shape index (κ3) is 2.97. The van der Waals surface area contributed by atoms with Gasteiger partial charge in [-0.25, -0.2) is 4.39 Å². The monoisotopic (exact) mass is 341 g/mol. The van der Waals surface area contributed by atoms with Crippen LogP contribution in [0.15, 0.2) is 53.5 Å². The molecule has 0 aliphatic heterocycles. The summed E-state index contributed by atoms with van der Waals surface area (Å²) in [6, 6.07) is 9.41. The quantitative estimate of drug-likeness (QED) is 0.585. The molecule has 0 spiro atoms. The van der Waals surface area contributed by atoms with Gasteiger partial charge in [0.1, 0.15) is 11.4 Å². The number of rotatable bonds is 3. The Morgan fingerprint density at radius 2 is 1.96 bits per heavy atom. The third-order valence-corrected chi connectivity index (χ3v) is 3.71. The summed E-state index contributed by atoms with van der Waals surface area (Å²) in [5, 5.41) is 13.3. The van der Waals surface area contributed by atoms with E-state index in [0.717, 1.165) is 0 Å². The van der Waals surface area contributed by atoms with Crippen molar-refractivity contribution >= 4 is 28.2 Å². The summed E-state index contributed by atoms with van der Waals surface area (Å²) in [7, 11) is 1.52. The number of non-ortho nitro benzene ring substituents is 1. The number of anilines is 1. The van der Waals surface area contributed by atoms with Gasteiger partial charge in [-0.3, -0.25) is 19.7 Å². The number of nitro benzene ring substituents is 1. The molecule has 25 heavy (non-hydrogen) atoms. The van der Waals surface area contributed by atoms with Gasteiger partial charge >= 0.3 is 0 Å². The number of aryl methyl sites for hydroxylation is 1. The molecule has 3 rings (SSSR count). The van der Waals surface area contributed by atoms with Crippen LogP contribution in [0.2, 0.25) is 0 Å². The SMILES string of the molecule is Cn1cc(C(=O)Nc2cccc([N+](=O)[O-])c2)c(=O)c2cccc(F)c21. The number of carbonyl (C=O) groups excluding carboxylic acids is 1. The number of nitrogens with zero attached hydrogens (tertiary/aromatic N) is 2. The molecule has 0 fully saturated rings. The van der Waals surface area contributed by atoms with E-state index in [1.54, 1.807) is 0 Å². The molecule has 7 nitrogen and oxygen atoms in total. The smallest absolute Gasteiger partial charge is 0.271 e. The van der Waals surface area contributed by atoms with E-state index >= 15 is 0 Å². The summed E-state index contributed by atoms with van der Waals surface area (Å²) in [6.07, 6.45) is 1.24. The first-order valence-corrected chi connectivity index (χ1v) is 7.22. The summed E-state index contributed by atoms with van der Waals surface area (Å²) in [4.78, 5) is 35.1. The van der Waals surface area contributed by atoms with Gasteiger partial charge < -0.3 is 9.88 Å². The predicted octanol–water partition coefficient (Wildman–Crippen LogP) is 2.84. The topological polar surface area (TPSA) is 94.2 Å². The van der Waals surface area contributed by atoms with Crippen LogP contribution in [-0.2, 0) is 7.05 Å². The minimum Gasteiger partial charge on any atom is -0.347 e. The lowest BCUT2D eigenvalue weighted by molar-refractivity contribution is -0.384. The Kier molecular flexibility index (Phi) is 4.02. The van der Waals surface area contributed by atoms with Crippen molar-refractivity contribution < 1.29 is 14.1 Å². The highest BCUT2D eigenvalue weighted by Crippen LogP contribution is 2.19. The molecule has 0 aliphatic rings. The number of carbonyl (C=O) groups is 1. The normalized spacial score (nSPS) is 10.6. The van der Waals surface area contributed by atoms with Crippen LogP contribution < -0.4 is 10.7 Å². The molecule has 0 saturated carbocycles. The van der Waals surface area contributed by atoms with Crippen molar-refractivity contribution in [2.45, 2.75) is 0 Å². The van der Waals surface area contributed by atoms with E-state index in [-0.39, 0.29) is 27.8 Å². The van der Waals surface area contributed by atoms with Crippen LogP contribution in [0, 0.1) is 15.9 Å². The lowest BCUT2D eigenvalue weighted by Gasteiger charge is -2.10. The van der Waals surface area contributed by atoms with Gasteiger partial charge in [0, 0.05) is 36.5 Å². The minimum atomic E-state index is -0.729. The summed E-state index contributed by atoms with van der Waals surface area (Å²) in [6.45, 7) is 0. The van der Waals surface area contributed by atoms with Gasteiger partial charge in [0.25, 0.3) is 11.6 Å². The molecule has 0 atom stereocenters. The van der Waals surface area contributed by atoms with E-state index in [1.807, 2.05) is 0 Å². The zero-order chi connectivity index (χ0) is 18.1. The fourth-order valence-corrected chi connectivity index (χ4v) is 2.58. The molecule has 0 aliphatic carbocycles. The summed E-state index contributed by atoms with van der Waals surface area (Å²) in [5.74, 6) is -1.30. The van der Waals surface area contributed by atoms with E-state index in [1.165, 1.54) is 60.3 Å². The van der Waals surface area contributed by atoms with Gasteiger partial charge in [0.05, 0.1) is 10.4 Å². The third-order valence-electron chi connectivity index (χ3n) is 3.71. The predicted molar refractivity (Wildman–Crippen MR) is 90.2 cm³/mol. The van der Waals surface area contributed by atoms with Crippen LogP contribution in [-0.4, -0.2) is 15.4 Å². The zero-order valence-corrected chi connectivity index (χ0v) is 13.0. The second kappa shape index (κ2) is 6.16. The number of nitrogens with one attached hydrogen (secondary N) is 1. The Morgan fingerprint density at radius 1 is 1.24 bits per heavy atom. The van der Waals surface area contributed by atoms with Gasteiger partial charge in [-0.1, -0.05) is 12.1 Å². The molecule has 2 aromatic carbocycles. The van der Waals surface area contributed by atoms with Crippen molar-refractivity contribution in [1.82, 2.24) is 4.57 Å². The highest BCUT2D eigenvalue weighted by Gasteiger charge is 2.17. The molecule has 1 aromatic heterocycles. The fourth-order valence-electron chi connectivity index (χ4n) is 2.58. The van der Waals surface area contributed by atoms with Crippen LogP contribution in [0.3, 0.4) is 0 Å². The average molecular weight is 341 g/mol. The second-order valence-corrected chi connectivity index (χ2v) is 5.38. The molecule has 1 heterocycles. The molecule has 0 saturated heterocycles. The number of benzene rings is 2. The van der Waals surface area contributed by atoms with Gasteiger partial charge in [0.15, 0.2) is 0 Å². The average Bonchev–Trinajstić information content (AvgIpc) is 2.58. The first kappa shape index (κ1) is 16.3. The van der Waals surface area contributed by atoms with Crippen molar-refractivity contribution in [2.24, 2.45) is 7.05 Å². The number of para-hydroxylation sites is 1. The van der Waals surface area contributed by atoms with Crippen molar-refractivity contribution in [3.8, 4) is 0 Å². The Bertz CT molecular complexity index is 1080. The summed E-state index contributed by atoms with van der Waals surface area (Å²) in [5.41, 5.74) is -0.714. The van der Waals surface area contributed by atoms with Crippen LogP contribution in [0.5, 0.6) is 0 Å². The molecule has 0 bridgehead atoms. The largest absolute Gasteiger partial charge is 0.347 e. The second-order valence-electron chi connectivity index (χ2n) is 5.38. The van der Waals surface area contributed by atoms with Crippen LogP contribution in [0.1, 0.15) is 10.4 Å². The molecule has 3 aromatic rings. The lowest BCUT2D eigenvalue weighted by Crippen LogP contribution is -2.23. The molecule has 1 amide bonds. The van der Waals surface area contributed by atoms with E-state index in [9.17, 15) is 24.1 Å². The van der Waals surface area contributed by atoms with Gasteiger partial charge in [0.2, 0.25) is 5.43 Å². The van der Waals surface area contributed by atoms with Gasteiger partial charge in [-0.2, -0.15) is 0 Å². The van der Waals surface area contributed by atoms with Crippen LogP contribution in [0.25, 0.3) is 10.9 Å². The first-order chi connectivity index (χ1) is 11.9. The van der Waals surface area contributed by atoms with E-state index in [2.05, 4.69) is 5.32 Å². The van der Waals surface area contributed by atoms with Crippen LogP contribution in [0.4, 0.5) is 15.8 Å². The zero-order valence-electron chi connectivity index (χ0n) is 13.0. The van der Waals surface area contributed by atoms with Gasteiger partial charge in [-0.05, 0) is 18.2 Å². The standard InChI is InChI=1S/C17H12FN3O4/c1-20-9-13(16(22)12-6-3-7-14(18)15(12)20)17(23)19-10-4-2-5-11(8-10)21(24)25/h2-9H,1H3,(H,19,23). The molecular weight excluding hydrogens is 329 g/mol. The molecule has 126 valence electrons. The molecule has 0 radical (unpaired) electrons. The maximum Gasteiger partial charge on any atom is 0.271 e. The maximum absolute atomic E-state index is 13.9. The van der Waals surface area contributed by atoms with E-state index < -0.39 is 22.1 Å². The van der Waals surface area contributed by atoms with E-state index in [0.29, 0.717) is 0 Å². The number of halogens is 1. The lowest BCUT2D eigenvalue weighted by atomic mass is 10.1. The highest BCUT2D eigenvalue weighted by molar-refractivity contribution is 6.05. The Balaban J connectivity index is 2.04. The maximum atomic E-state index is 13.9. The molecule has 0 unspecified atom stereocenters. The Labute approximate surface area is 140 Å². The Morgan fingerprint density at radius 3 is 2.68 bits per heavy atom. The fraction of sp³-hybridized carbons (Fsp3) is 0.0588. The number of hydrogen-bond acceptors (Lipinski definition) is 4. The number of nitro groups is 1. The van der Waals surface area contributed by atoms with Crippen molar-refractivity contribution in [3.05, 3.63) is 80.4 Å². The van der Waals surface area contributed by atoms with Crippen molar-refractivity contribution in [2.75, 3.05) is 5.32 Å². The van der Waals surface area contributed by atoms with Crippen molar-refractivity contribution in [1.29, 1.82) is 0 Å². The molecule has 8 heteroatoms. The highest BCUT2D eigenvalue weighted by atomic mass is 19.1. The van der Waals surface area contributed by atoms with E-state index in [4.69, 9.17) is 0 Å². The molecule has 1 N–H and O–H groups in total. The van der Waals surface area contributed by atoms with Crippen molar-refractivity contribution in [3.63, 3.8) is 0 Å². The first-order valence-electron chi connectivity index (χ1n) is 7.22. The number of fused-ring (bicyclic) bond motifs is 1. The minimum absolute atomic E-state index is 0.0780. The summed E-state index contributed by atoms with van der Waals surface area (Å²) >= 11 is 0. The Hall–Kier alpha value is -3.55. The number of amides is 1. The van der Waals surface area contributed by atoms with Crippen LogP contribution >= 0.6 is 0 Å². The number of aromatic nitrogens is 1. The van der Waals surface area contributed by atoms with Gasteiger partial charge in [-0.15, -0.1) is 0 Å². The number of pyridine rings is 1. The number of hydrogen-bond donors (Lipinski definition) is 1. The molecular formula is C17H12FN3O4. The summed E-state index contributed by atoms with van der Waals surface area (Å²) < 4.78 is 15.3.